The Hall–Kier alpha value is -2.39. The van der Waals surface area contributed by atoms with Crippen molar-refractivity contribution < 1.29 is 19.0 Å². The van der Waals surface area contributed by atoms with Gasteiger partial charge < -0.3 is 19.5 Å². The van der Waals surface area contributed by atoms with E-state index in [2.05, 4.69) is 11.2 Å². The lowest BCUT2D eigenvalue weighted by molar-refractivity contribution is -0.131. The molecule has 0 spiro atoms. The molecule has 0 saturated carbocycles. The van der Waals surface area contributed by atoms with Crippen molar-refractivity contribution in [1.29, 1.82) is 0 Å². The van der Waals surface area contributed by atoms with Gasteiger partial charge >= 0.3 is 0 Å². The first-order valence-corrected chi connectivity index (χ1v) is 9.24. The van der Waals surface area contributed by atoms with Gasteiger partial charge in [0.05, 0.1) is 17.2 Å². The number of hydrogen-bond acceptors (Lipinski definition) is 4. The Balaban J connectivity index is 1.96. The van der Waals surface area contributed by atoms with E-state index < -0.39 is 6.10 Å². The molecule has 0 heterocycles. The Morgan fingerprint density at radius 3 is 2.57 bits per heavy atom. The van der Waals surface area contributed by atoms with Crippen LogP contribution >= 0.6 is 23.2 Å². The number of methoxy groups -OCH3 is 2. The van der Waals surface area contributed by atoms with E-state index in [4.69, 9.17) is 43.8 Å². The lowest BCUT2D eigenvalue weighted by Gasteiger charge is -2.16. The molecule has 148 valence electrons. The number of ether oxygens (including phenoxy) is 3. The molecule has 0 aliphatic heterocycles. The number of amides is 1. The second kappa shape index (κ2) is 10.8. The van der Waals surface area contributed by atoms with Gasteiger partial charge in [-0.2, -0.15) is 0 Å². The first kappa shape index (κ1) is 21.9. The van der Waals surface area contributed by atoms with Gasteiger partial charge in [0, 0.05) is 13.7 Å². The first-order chi connectivity index (χ1) is 13.5. The highest BCUT2D eigenvalue weighted by Gasteiger charge is 2.20. The predicted octanol–water partition coefficient (Wildman–Crippen LogP) is 4.06. The van der Waals surface area contributed by atoms with Gasteiger partial charge in [0.25, 0.3) is 5.91 Å². The number of carbonyl (C=O) groups excluding carboxylic acids is 1. The van der Waals surface area contributed by atoms with Crippen LogP contribution in [0.3, 0.4) is 0 Å². The third-order valence-corrected chi connectivity index (χ3v) is 4.71. The molecule has 1 N–H and O–H groups in total. The van der Waals surface area contributed by atoms with Crippen molar-refractivity contribution in [2.45, 2.75) is 12.5 Å². The highest BCUT2D eigenvalue weighted by atomic mass is 35.5. The number of rotatable bonds is 9. The first-order valence-electron chi connectivity index (χ1n) is 8.48. The molecule has 0 aliphatic rings. The minimum absolute atomic E-state index is 0.166. The molecule has 2 aromatic rings. The lowest BCUT2D eigenvalue weighted by Crippen LogP contribution is -2.32. The van der Waals surface area contributed by atoms with Crippen LogP contribution in [0.5, 0.6) is 11.5 Å². The molecule has 7 heteroatoms. The molecule has 5 nitrogen and oxygen atoms in total. The minimum atomic E-state index is -0.774. The standard InChI is InChI=1S/C21H21Cl2NO4/c1-4-11-28-18-8-5-14(12-19(18)26-2)9-10-24-21(25)20(27-3)15-6-7-16(22)17(23)13-15/h1,5-8,12-13,20H,9-11H2,2-3H3,(H,24,25). The Bertz CT molecular complexity index is 864. The van der Waals surface area contributed by atoms with Gasteiger partial charge in [-0.25, -0.2) is 0 Å². The molecule has 1 unspecified atom stereocenters. The third kappa shape index (κ3) is 5.80. The van der Waals surface area contributed by atoms with Crippen LogP contribution in [0, 0.1) is 12.3 Å². The van der Waals surface area contributed by atoms with Crippen molar-refractivity contribution in [2.75, 3.05) is 27.4 Å². The average Bonchev–Trinajstić information content (AvgIpc) is 2.70. The Labute approximate surface area is 174 Å². The summed E-state index contributed by atoms with van der Waals surface area (Å²) < 4.78 is 16.1. The topological polar surface area (TPSA) is 56.8 Å². The second-order valence-electron chi connectivity index (χ2n) is 5.81. The number of benzene rings is 2. The average molecular weight is 422 g/mol. The number of terminal acetylenes is 1. The van der Waals surface area contributed by atoms with E-state index in [-0.39, 0.29) is 12.5 Å². The zero-order valence-electron chi connectivity index (χ0n) is 15.6. The van der Waals surface area contributed by atoms with Crippen LogP contribution in [0.15, 0.2) is 36.4 Å². The van der Waals surface area contributed by atoms with Gasteiger partial charge in [-0.05, 0) is 41.8 Å². The number of halogens is 2. The molecule has 0 radical (unpaired) electrons. The van der Waals surface area contributed by atoms with E-state index in [9.17, 15) is 4.79 Å². The monoisotopic (exact) mass is 421 g/mol. The van der Waals surface area contributed by atoms with E-state index in [1.54, 1.807) is 31.4 Å². The fraction of sp³-hybridized carbons (Fsp3) is 0.286. The molecule has 28 heavy (non-hydrogen) atoms. The smallest absolute Gasteiger partial charge is 0.253 e. The Morgan fingerprint density at radius 2 is 1.93 bits per heavy atom. The molecule has 0 fully saturated rings. The molecule has 1 atom stereocenters. The molecule has 2 rings (SSSR count). The van der Waals surface area contributed by atoms with Crippen LogP contribution < -0.4 is 14.8 Å². The van der Waals surface area contributed by atoms with Gasteiger partial charge in [-0.1, -0.05) is 41.3 Å². The summed E-state index contributed by atoms with van der Waals surface area (Å²) in [5.74, 6) is 3.31. The quantitative estimate of drug-likeness (QED) is 0.620. The zero-order valence-corrected chi connectivity index (χ0v) is 17.1. The molecular weight excluding hydrogens is 401 g/mol. The van der Waals surface area contributed by atoms with E-state index in [0.717, 1.165) is 5.56 Å². The van der Waals surface area contributed by atoms with Crippen LogP contribution in [0.4, 0.5) is 0 Å². The maximum absolute atomic E-state index is 12.5. The van der Waals surface area contributed by atoms with E-state index in [1.807, 2.05) is 12.1 Å². The minimum Gasteiger partial charge on any atom is -0.493 e. The molecule has 0 bridgehead atoms. The summed E-state index contributed by atoms with van der Waals surface area (Å²) in [6.45, 7) is 0.590. The molecule has 0 saturated heterocycles. The summed E-state index contributed by atoms with van der Waals surface area (Å²) in [6.07, 6.45) is 5.04. The molecule has 2 aromatic carbocycles. The summed E-state index contributed by atoms with van der Waals surface area (Å²) in [5, 5.41) is 3.65. The Kier molecular flexibility index (Phi) is 8.46. The van der Waals surface area contributed by atoms with E-state index in [0.29, 0.717) is 40.1 Å². The largest absolute Gasteiger partial charge is 0.493 e. The summed E-state index contributed by atoms with van der Waals surface area (Å²) in [7, 11) is 3.02. The number of hydrogen-bond donors (Lipinski definition) is 1. The summed E-state index contributed by atoms with van der Waals surface area (Å²) >= 11 is 11.9. The maximum Gasteiger partial charge on any atom is 0.253 e. The highest BCUT2D eigenvalue weighted by molar-refractivity contribution is 6.42. The van der Waals surface area contributed by atoms with Crippen molar-refractivity contribution in [1.82, 2.24) is 5.32 Å². The number of nitrogens with one attached hydrogen (secondary N) is 1. The summed E-state index contributed by atoms with van der Waals surface area (Å²) in [5.41, 5.74) is 1.61. The molecule has 0 aliphatic carbocycles. The van der Waals surface area contributed by atoms with Crippen molar-refractivity contribution in [3.05, 3.63) is 57.6 Å². The van der Waals surface area contributed by atoms with Gasteiger partial charge in [0.15, 0.2) is 17.6 Å². The van der Waals surface area contributed by atoms with Gasteiger partial charge in [-0.3, -0.25) is 4.79 Å². The zero-order chi connectivity index (χ0) is 20.5. The highest BCUT2D eigenvalue weighted by Crippen LogP contribution is 2.29. The number of carbonyl (C=O) groups is 1. The van der Waals surface area contributed by atoms with Crippen LogP contribution in [0.1, 0.15) is 17.2 Å². The second-order valence-corrected chi connectivity index (χ2v) is 6.62. The van der Waals surface area contributed by atoms with Crippen molar-refractivity contribution in [3.63, 3.8) is 0 Å². The maximum atomic E-state index is 12.5. The van der Waals surface area contributed by atoms with E-state index in [1.165, 1.54) is 7.11 Å². The van der Waals surface area contributed by atoms with Crippen LogP contribution in [-0.4, -0.2) is 33.3 Å². The molecule has 0 aromatic heterocycles. The van der Waals surface area contributed by atoms with Crippen molar-refractivity contribution in [2.24, 2.45) is 0 Å². The van der Waals surface area contributed by atoms with Gasteiger partial charge in [0.2, 0.25) is 0 Å². The van der Waals surface area contributed by atoms with Crippen LogP contribution in [0.25, 0.3) is 0 Å². The third-order valence-electron chi connectivity index (χ3n) is 3.97. The van der Waals surface area contributed by atoms with Gasteiger partial charge in [-0.15, -0.1) is 6.42 Å². The van der Waals surface area contributed by atoms with Crippen molar-refractivity contribution >= 4 is 29.1 Å². The predicted molar refractivity (Wildman–Crippen MR) is 110 cm³/mol. The normalized spacial score (nSPS) is 11.4. The lowest BCUT2D eigenvalue weighted by atomic mass is 10.1. The molecule has 1 amide bonds. The van der Waals surface area contributed by atoms with Gasteiger partial charge in [0.1, 0.15) is 6.61 Å². The SMILES string of the molecule is C#CCOc1ccc(CCNC(=O)C(OC)c2ccc(Cl)c(Cl)c2)cc1OC. The Morgan fingerprint density at radius 1 is 1.14 bits per heavy atom. The molecular formula is C21H21Cl2NO4. The fourth-order valence-corrected chi connectivity index (χ4v) is 2.91. The van der Waals surface area contributed by atoms with Crippen molar-refractivity contribution in [3.8, 4) is 23.8 Å². The summed E-state index contributed by atoms with van der Waals surface area (Å²) in [6, 6.07) is 10.5. The van der Waals surface area contributed by atoms with E-state index >= 15 is 0 Å². The fourth-order valence-electron chi connectivity index (χ4n) is 2.60. The van der Waals surface area contributed by atoms with Crippen LogP contribution in [-0.2, 0) is 16.0 Å². The van der Waals surface area contributed by atoms with Crippen LogP contribution in [0.2, 0.25) is 10.0 Å². The summed E-state index contributed by atoms with van der Waals surface area (Å²) in [4.78, 5) is 12.5.